The van der Waals surface area contributed by atoms with Crippen LogP contribution < -0.4 is 14.8 Å². The van der Waals surface area contributed by atoms with Crippen LogP contribution in [0.2, 0.25) is 0 Å². The molecule has 128 valence electrons. The van der Waals surface area contributed by atoms with E-state index in [1.807, 2.05) is 48.5 Å². The molecule has 5 heteroatoms. The van der Waals surface area contributed by atoms with Crippen LogP contribution in [0.1, 0.15) is 30.5 Å². The van der Waals surface area contributed by atoms with Crippen LogP contribution in [0.15, 0.2) is 48.5 Å². The normalized spacial score (nSPS) is 13.0. The van der Waals surface area contributed by atoms with Crippen molar-refractivity contribution in [3.8, 4) is 11.5 Å². The van der Waals surface area contributed by atoms with Crippen molar-refractivity contribution in [1.82, 2.24) is 5.32 Å². The number of aliphatic hydroxyl groups excluding tert-OH is 1. The Balaban J connectivity index is 2.42. The highest BCUT2D eigenvalue weighted by atomic mass is 16.5. The van der Waals surface area contributed by atoms with E-state index in [1.165, 1.54) is 0 Å². The minimum atomic E-state index is -1.04. The molecule has 1 amide bonds. The van der Waals surface area contributed by atoms with Crippen LogP contribution in [-0.2, 0) is 4.79 Å². The van der Waals surface area contributed by atoms with Crippen molar-refractivity contribution in [1.29, 1.82) is 0 Å². The highest BCUT2D eigenvalue weighted by Crippen LogP contribution is 2.31. The van der Waals surface area contributed by atoms with Crippen molar-refractivity contribution >= 4 is 5.91 Å². The quantitative estimate of drug-likeness (QED) is 0.819. The number of carbonyl (C=O) groups is 1. The van der Waals surface area contributed by atoms with E-state index < -0.39 is 18.1 Å². The van der Waals surface area contributed by atoms with Crippen LogP contribution in [-0.4, -0.2) is 31.3 Å². The second-order valence-electron chi connectivity index (χ2n) is 5.38. The van der Waals surface area contributed by atoms with Gasteiger partial charge < -0.3 is 19.9 Å². The van der Waals surface area contributed by atoms with Crippen molar-refractivity contribution in [3.63, 3.8) is 0 Å². The zero-order valence-corrected chi connectivity index (χ0v) is 14.2. The molecule has 0 spiro atoms. The molecule has 5 nitrogen and oxygen atoms in total. The number of carbonyl (C=O) groups excluding carboxylic acids is 1. The molecule has 2 N–H and O–H groups in total. The van der Waals surface area contributed by atoms with Crippen molar-refractivity contribution in [2.45, 2.75) is 25.5 Å². The minimum Gasteiger partial charge on any atom is -0.497 e. The summed E-state index contributed by atoms with van der Waals surface area (Å²) >= 11 is 0. The molecule has 24 heavy (non-hydrogen) atoms. The third-order valence-electron chi connectivity index (χ3n) is 3.88. The summed E-state index contributed by atoms with van der Waals surface area (Å²) < 4.78 is 10.6. The molecule has 2 atom stereocenters. The van der Waals surface area contributed by atoms with E-state index in [0.29, 0.717) is 12.2 Å². The largest absolute Gasteiger partial charge is 0.497 e. The number of ether oxygens (including phenoxy) is 2. The van der Waals surface area contributed by atoms with Crippen LogP contribution in [0.25, 0.3) is 0 Å². The van der Waals surface area contributed by atoms with Gasteiger partial charge >= 0.3 is 0 Å². The van der Waals surface area contributed by atoms with Crippen LogP contribution in [0.5, 0.6) is 11.5 Å². The molecular weight excluding hydrogens is 306 g/mol. The molecule has 0 heterocycles. The Labute approximate surface area is 142 Å². The lowest BCUT2D eigenvalue weighted by atomic mass is 9.97. The van der Waals surface area contributed by atoms with Gasteiger partial charge in [-0.1, -0.05) is 37.3 Å². The Hall–Kier alpha value is -2.53. The fourth-order valence-corrected chi connectivity index (χ4v) is 2.47. The maximum Gasteiger partial charge on any atom is 0.249 e. The topological polar surface area (TPSA) is 67.8 Å². The fourth-order valence-electron chi connectivity index (χ4n) is 2.47. The average molecular weight is 329 g/mol. The zero-order valence-electron chi connectivity index (χ0n) is 14.2. The lowest BCUT2D eigenvalue weighted by Gasteiger charge is -2.23. The molecule has 0 aliphatic rings. The van der Waals surface area contributed by atoms with Gasteiger partial charge in [0.15, 0.2) is 0 Å². The molecule has 0 unspecified atom stereocenters. The summed E-state index contributed by atoms with van der Waals surface area (Å²) in [6.07, 6.45) is -0.687. The molecule has 0 fully saturated rings. The number of hydrogen-bond acceptors (Lipinski definition) is 4. The van der Waals surface area contributed by atoms with Crippen LogP contribution in [0, 0.1) is 0 Å². The molecule has 0 saturated carbocycles. The molecule has 2 rings (SSSR count). The predicted molar refractivity (Wildman–Crippen MR) is 92.3 cm³/mol. The lowest BCUT2D eigenvalue weighted by Crippen LogP contribution is -2.37. The van der Waals surface area contributed by atoms with E-state index in [9.17, 15) is 9.90 Å². The Morgan fingerprint density at radius 1 is 1.08 bits per heavy atom. The first-order valence-corrected chi connectivity index (χ1v) is 7.86. The molecule has 0 aromatic heterocycles. The van der Waals surface area contributed by atoms with Gasteiger partial charge in [0.05, 0.1) is 20.3 Å². The second-order valence-corrected chi connectivity index (χ2v) is 5.38. The van der Waals surface area contributed by atoms with E-state index >= 15 is 0 Å². The van der Waals surface area contributed by atoms with Crippen LogP contribution >= 0.6 is 0 Å². The first kappa shape index (κ1) is 17.8. The standard InChI is InChI=1S/C19H23NO4/c1-4-16(21)19(22)20-18(13-9-11-14(23-2)12-10-13)15-7-5-6-8-17(15)24-3/h5-12,16,18,21H,4H2,1-3H3,(H,20,22)/t16-,18+/m0/s1. The van der Waals surface area contributed by atoms with Crippen LogP contribution in [0.3, 0.4) is 0 Å². The van der Waals surface area contributed by atoms with Crippen molar-refractivity contribution in [2.75, 3.05) is 14.2 Å². The highest BCUT2D eigenvalue weighted by Gasteiger charge is 2.23. The van der Waals surface area contributed by atoms with Gasteiger partial charge in [0, 0.05) is 5.56 Å². The SMILES string of the molecule is CC[C@H](O)C(=O)N[C@H](c1ccc(OC)cc1)c1ccccc1OC. The third kappa shape index (κ3) is 4.06. The predicted octanol–water partition coefficient (Wildman–Crippen LogP) is 2.68. The number of nitrogens with one attached hydrogen (secondary N) is 1. The summed E-state index contributed by atoms with van der Waals surface area (Å²) in [5, 5.41) is 12.7. The number of aliphatic hydroxyl groups is 1. The summed E-state index contributed by atoms with van der Waals surface area (Å²) in [7, 11) is 3.19. The van der Waals surface area contributed by atoms with E-state index in [1.54, 1.807) is 21.1 Å². The van der Waals surface area contributed by atoms with Gasteiger partial charge in [-0.15, -0.1) is 0 Å². The van der Waals surface area contributed by atoms with E-state index in [0.717, 1.165) is 16.9 Å². The van der Waals surface area contributed by atoms with E-state index in [4.69, 9.17) is 9.47 Å². The number of benzene rings is 2. The number of para-hydroxylation sites is 1. The number of methoxy groups -OCH3 is 2. The van der Waals surface area contributed by atoms with Gasteiger partial charge in [-0.2, -0.15) is 0 Å². The summed E-state index contributed by atoms with van der Waals surface area (Å²) in [5.41, 5.74) is 1.69. The van der Waals surface area contributed by atoms with Gasteiger partial charge in [-0.25, -0.2) is 0 Å². The van der Waals surface area contributed by atoms with Gasteiger partial charge in [-0.3, -0.25) is 4.79 Å². The molecule has 2 aromatic carbocycles. The summed E-state index contributed by atoms with van der Waals surface area (Å²) in [5.74, 6) is 0.992. The van der Waals surface area contributed by atoms with Gasteiger partial charge in [0.2, 0.25) is 5.91 Å². The lowest BCUT2D eigenvalue weighted by molar-refractivity contribution is -0.129. The Morgan fingerprint density at radius 3 is 2.33 bits per heavy atom. The maximum absolute atomic E-state index is 12.2. The zero-order chi connectivity index (χ0) is 17.5. The number of amides is 1. The molecule has 0 saturated heterocycles. The van der Waals surface area contributed by atoms with Crippen molar-refractivity contribution in [2.24, 2.45) is 0 Å². The number of rotatable bonds is 7. The summed E-state index contributed by atoms with van der Waals surface area (Å²) in [6.45, 7) is 1.76. The average Bonchev–Trinajstić information content (AvgIpc) is 2.65. The fraction of sp³-hybridized carbons (Fsp3) is 0.316. The van der Waals surface area contributed by atoms with Gasteiger partial charge in [0.25, 0.3) is 0 Å². The first-order valence-electron chi connectivity index (χ1n) is 7.86. The van der Waals surface area contributed by atoms with Crippen molar-refractivity contribution < 1.29 is 19.4 Å². The molecular formula is C19H23NO4. The van der Waals surface area contributed by atoms with E-state index in [-0.39, 0.29) is 0 Å². The van der Waals surface area contributed by atoms with Gasteiger partial charge in [-0.05, 0) is 30.2 Å². The molecule has 0 aliphatic carbocycles. The van der Waals surface area contributed by atoms with Gasteiger partial charge in [0.1, 0.15) is 17.6 Å². The third-order valence-corrected chi connectivity index (χ3v) is 3.88. The molecule has 0 aliphatic heterocycles. The molecule has 0 bridgehead atoms. The summed E-state index contributed by atoms with van der Waals surface area (Å²) in [4.78, 5) is 12.2. The Kier molecular flexibility index (Phi) is 6.21. The molecule has 2 aromatic rings. The second kappa shape index (κ2) is 8.36. The minimum absolute atomic E-state index is 0.354. The monoisotopic (exact) mass is 329 g/mol. The van der Waals surface area contributed by atoms with E-state index in [2.05, 4.69) is 5.32 Å². The number of hydrogen-bond donors (Lipinski definition) is 2. The highest BCUT2D eigenvalue weighted by molar-refractivity contribution is 5.81. The first-order chi connectivity index (χ1) is 11.6. The Bertz CT molecular complexity index is 669. The maximum atomic E-state index is 12.2. The van der Waals surface area contributed by atoms with Crippen LogP contribution in [0.4, 0.5) is 0 Å². The summed E-state index contributed by atoms with van der Waals surface area (Å²) in [6, 6.07) is 14.5. The molecule has 0 radical (unpaired) electrons. The Morgan fingerprint density at radius 2 is 1.75 bits per heavy atom. The smallest absolute Gasteiger partial charge is 0.249 e. The van der Waals surface area contributed by atoms with Crippen molar-refractivity contribution in [3.05, 3.63) is 59.7 Å².